The molecule has 0 aliphatic carbocycles. The summed E-state index contributed by atoms with van der Waals surface area (Å²) in [6, 6.07) is 0. The number of hydrogen-bond donors (Lipinski definition) is 2. The van der Waals surface area contributed by atoms with Gasteiger partial charge in [-0.25, -0.2) is 29.0 Å². The van der Waals surface area contributed by atoms with Crippen LogP contribution in [0.15, 0.2) is 24.3 Å². The van der Waals surface area contributed by atoms with Gasteiger partial charge in [0.15, 0.2) is 0 Å². The number of carboxylic acids is 2. The van der Waals surface area contributed by atoms with Crippen molar-refractivity contribution in [1.29, 1.82) is 0 Å². The van der Waals surface area contributed by atoms with E-state index in [-0.39, 0.29) is 0 Å². The van der Waals surface area contributed by atoms with Crippen molar-refractivity contribution in [2.45, 2.75) is 12.8 Å². The van der Waals surface area contributed by atoms with E-state index < -0.39 is 47.9 Å². The molecule has 8 heteroatoms. The summed E-state index contributed by atoms with van der Waals surface area (Å²) in [4.78, 5) is 50.4. The lowest BCUT2D eigenvalue weighted by atomic mass is 10.2. The van der Waals surface area contributed by atoms with Crippen LogP contribution in [-0.4, -0.2) is 34.1 Å². The van der Waals surface area contributed by atoms with Crippen molar-refractivity contribution < 1.29 is 39.2 Å². The van der Waals surface area contributed by atoms with Crippen LogP contribution in [0.1, 0.15) is 12.8 Å². The van der Waals surface area contributed by atoms with Crippen molar-refractivity contribution >= 4 is 23.9 Å². The van der Waals surface area contributed by atoms with Crippen molar-refractivity contribution in [3.8, 4) is 0 Å². The largest absolute Gasteiger partial charge is 0.478 e. The Hall–Kier alpha value is -2.64. The standard InChI is InChI=1S/C10H10O8/c1-5(9(13)14)3-7(11)17-18-8(12)4-6(2)10(15)16/h1-4H2,(H,13,14)(H,15,16). The molecule has 18 heavy (non-hydrogen) atoms. The van der Waals surface area contributed by atoms with Gasteiger partial charge in [-0.1, -0.05) is 13.2 Å². The van der Waals surface area contributed by atoms with Gasteiger partial charge in [0, 0.05) is 11.1 Å². The summed E-state index contributed by atoms with van der Waals surface area (Å²) in [5, 5.41) is 16.8. The second-order valence-corrected chi connectivity index (χ2v) is 3.08. The van der Waals surface area contributed by atoms with Crippen LogP contribution in [0.3, 0.4) is 0 Å². The molecule has 0 aromatic rings. The Morgan fingerprint density at radius 1 is 0.778 bits per heavy atom. The minimum Gasteiger partial charge on any atom is -0.478 e. The molecule has 2 N–H and O–H groups in total. The predicted octanol–water partition coefficient (Wildman–Crippen LogP) is 0.0496. The maximum absolute atomic E-state index is 10.9. The molecule has 0 aromatic heterocycles. The van der Waals surface area contributed by atoms with E-state index in [1.54, 1.807) is 0 Å². The van der Waals surface area contributed by atoms with Gasteiger partial charge in [0.05, 0.1) is 12.8 Å². The highest BCUT2D eigenvalue weighted by Gasteiger charge is 2.16. The van der Waals surface area contributed by atoms with Crippen molar-refractivity contribution in [2.75, 3.05) is 0 Å². The molecule has 0 spiro atoms. The van der Waals surface area contributed by atoms with E-state index in [9.17, 15) is 19.2 Å². The molecule has 0 atom stereocenters. The minimum atomic E-state index is -1.39. The van der Waals surface area contributed by atoms with Gasteiger partial charge in [0.1, 0.15) is 0 Å². The van der Waals surface area contributed by atoms with E-state index in [1.165, 1.54) is 0 Å². The molecule has 98 valence electrons. The molecule has 0 aliphatic rings. The van der Waals surface area contributed by atoms with Crippen molar-refractivity contribution in [3.05, 3.63) is 24.3 Å². The SMILES string of the molecule is C=C(CC(=O)OOC(=O)CC(=C)C(=O)O)C(=O)O. The molecule has 0 aromatic carbocycles. The van der Waals surface area contributed by atoms with Crippen LogP contribution in [0.5, 0.6) is 0 Å². The lowest BCUT2D eigenvalue weighted by Gasteiger charge is -2.03. The smallest absolute Gasteiger partial charge is 0.360 e. The Labute approximate surface area is 101 Å². The highest BCUT2D eigenvalue weighted by molar-refractivity contribution is 5.93. The van der Waals surface area contributed by atoms with Gasteiger partial charge in [-0.05, 0) is 0 Å². The molecule has 8 nitrogen and oxygen atoms in total. The Morgan fingerprint density at radius 3 is 1.28 bits per heavy atom. The molecular weight excluding hydrogens is 248 g/mol. The molecule has 0 aliphatic heterocycles. The van der Waals surface area contributed by atoms with Gasteiger partial charge >= 0.3 is 23.9 Å². The van der Waals surface area contributed by atoms with Crippen molar-refractivity contribution in [2.24, 2.45) is 0 Å². The highest BCUT2D eigenvalue weighted by atomic mass is 17.2. The zero-order valence-corrected chi connectivity index (χ0v) is 9.17. The molecule has 0 unspecified atom stereocenters. The average molecular weight is 258 g/mol. The molecule has 0 fully saturated rings. The van der Waals surface area contributed by atoms with E-state index in [4.69, 9.17) is 10.2 Å². The maximum atomic E-state index is 10.9. The first-order chi connectivity index (χ1) is 8.23. The van der Waals surface area contributed by atoms with Crippen LogP contribution in [0.4, 0.5) is 0 Å². The summed E-state index contributed by atoms with van der Waals surface area (Å²) in [5.74, 6) is -5.07. The quantitative estimate of drug-likeness (QED) is 0.388. The number of carbonyl (C=O) groups excluding carboxylic acids is 2. The van der Waals surface area contributed by atoms with E-state index in [2.05, 4.69) is 22.9 Å². The molecule has 0 radical (unpaired) electrons. The normalized spacial score (nSPS) is 9.11. The fraction of sp³-hybridized carbons (Fsp3) is 0.200. The number of hydrogen-bond acceptors (Lipinski definition) is 6. The number of aliphatic carboxylic acids is 2. The minimum absolute atomic E-state index is 0.439. The third-order valence-electron chi connectivity index (χ3n) is 1.55. The zero-order valence-electron chi connectivity index (χ0n) is 9.17. The van der Waals surface area contributed by atoms with Gasteiger partial charge in [0.25, 0.3) is 0 Å². The van der Waals surface area contributed by atoms with Crippen LogP contribution in [0.2, 0.25) is 0 Å². The Morgan fingerprint density at radius 2 is 1.06 bits per heavy atom. The first-order valence-electron chi connectivity index (χ1n) is 4.46. The Kier molecular flexibility index (Phi) is 5.84. The maximum Gasteiger partial charge on any atom is 0.360 e. The summed E-state index contributed by atoms with van der Waals surface area (Å²) in [5.41, 5.74) is -0.878. The summed E-state index contributed by atoms with van der Waals surface area (Å²) < 4.78 is 0. The van der Waals surface area contributed by atoms with Crippen molar-refractivity contribution in [3.63, 3.8) is 0 Å². The Bertz CT molecular complexity index is 380. The van der Waals surface area contributed by atoms with Gasteiger partial charge in [-0.2, -0.15) is 0 Å². The summed E-state index contributed by atoms with van der Waals surface area (Å²) in [6.45, 7) is 6.12. The lowest BCUT2D eigenvalue weighted by Crippen LogP contribution is -2.15. The molecule has 0 heterocycles. The van der Waals surface area contributed by atoms with Gasteiger partial charge in [-0.15, -0.1) is 0 Å². The summed E-state index contributed by atoms with van der Waals surface area (Å²) in [6.07, 6.45) is -1.33. The van der Waals surface area contributed by atoms with E-state index in [0.717, 1.165) is 0 Å². The van der Waals surface area contributed by atoms with Crippen molar-refractivity contribution in [1.82, 2.24) is 0 Å². The van der Waals surface area contributed by atoms with Gasteiger partial charge < -0.3 is 10.2 Å². The fourth-order valence-electron chi connectivity index (χ4n) is 0.652. The van der Waals surface area contributed by atoms with E-state index in [1.807, 2.05) is 0 Å². The average Bonchev–Trinajstić information content (AvgIpc) is 2.25. The monoisotopic (exact) mass is 258 g/mol. The molecule has 0 saturated heterocycles. The van der Waals surface area contributed by atoms with Crippen LogP contribution in [-0.2, 0) is 29.0 Å². The highest BCUT2D eigenvalue weighted by Crippen LogP contribution is 2.03. The third kappa shape index (κ3) is 6.05. The number of carbonyl (C=O) groups is 4. The second kappa shape index (κ2) is 6.84. The van der Waals surface area contributed by atoms with Gasteiger partial charge in [-0.3, -0.25) is 0 Å². The van der Waals surface area contributed by atoms with Crippen LogP contribution in [0.25, 0.3) is 0 Å². The van der Waals surface area contributed by atoms with Crippen LogP contribution in [0, 0.1) is 0 Å². The zero-order chi connectivity index (χ0) is 14.3. The number of carboxylic acid groups (broad SMARTS) is 2. The third-order valence-corrected chi connectivity index (χ3v) is 1.55. The molecular formula is C10H10O8. The second-order valence-electron chi connectivity index (χ2n) is 3.08. The topological polar surface area (TPSA) is 127 Å². The lowest BCUT2D eigenvalue weighted by molar-refractivity contribution is -0.258. The summed E-state index contributed by atoms with van der Waals surface area (Å²) in [7, 11) is 0. The first kappa shape index (κ1) is 15.4. The number of rotatable bonds is 6. The predicted molar refractivity (Wildman–Crippen MR) is 55.0 cm³/mol. The van der Waals surface area contributed by atoms with Crippen LogP contribution < -0.4 is 0 Å². The van der Waals surface area contributed by atoms with Crippen LogP contribution >= 0.6 is 0 Å². The summed E-state index contributed by atoms with van der Waals surface area (Å²) >= 11 is 0. The first-order valence-corrected chi connectivity index (χ1v) is 4.46. The molecule has 0 rings (SSSR count). The van der Waals surface area contributed by atoms with E-state index in [0.29, 0.717) is 0 Å². The molecule has 0 bridgehead atoms. The van der Waals surface area contributed by atoms with E-state index >= 15 is 0 Å². The fourth-order valence-corrected chi connectivity index (χ4v) is 0.652. The Balaban J connectivity index is 4.03. The molecule has 0 saturated carbocycles. The molecule has 0 amide bonds. The van der Waals surface area contributed by atoms with Gasteiger partial charge in [0.2, 0.25) is 0 Å².